The average Bonchev–Trinajstić information content (AvgIpc) is 3.04. The Morgan fingerprint density at radius 2 is 1.21 bits per heavy atom. The summed E-state index contributed by atoms with van der Waals surface area (Å²) in [7, 11) is 1.44. The van der Waals surface area contributed by atoms with E-state index in [1.54, 1.807) is 27.7 Å². The molecule has 0 saturated carbocycles. The van der Waals surface area contributed by atoms with Gasteiger partial charge in [-0.15, -0.1) is 0 Å². The topological polar surface area (TPSA) is 164 Å². The standard InChI is InChI=1S/C35H63O12/c1-10-14-34(7,30(40)44-20-19-36)17-18-35(8,31(41)47-26-27(37)25-42-9)16-13-15-32(4,5)28(38)45-23-21-43-22-24-46-29(39)33(6,11-2)12-3/h11,27,36-37H,10,12-26H2,1-9H3/q+1. The van der Waals surface area contributed by atoms with E-state index in [0.717, 1.165) is 6.42 Å². The highest BCUT2D eigenvalue weighted by atomic mass is 16.6. The van der Waals surface area contributed by atoms with E-state index in [2.05, 4.69) is 0 Å². The first kappa shape index (κ1) is 44.6. The highest BCUT2D eigenvalue weighted by molar-refractivity contribution is 5.79. The molecule has 0 aromatic carbocycles. The second-order valence-corrected chi connectivity index (χ2v) is 13.6. The van der Waals surface area contributed by atoms with Crippen LogP contribution in [0.25, 0.3) is 0 Å². The molecule has 0 heterocycles. The molecule has 0 amide bonds. The van der Waals surface area contributed by atoms with Crippen LogP contribution in [0.3, 0.4) is 0 Å². The Labute approximate surface area is 282 Å². The van der Waals surface area contributed by atoms with E-state index in [9.17, 15) is 24.3 Å². The van der Waals surface area contributed by atoms with Crippen LogP contribution < -0.4 is 0 Å². The summed E-state index contributed by atoms with van der Waals surface area (Å²) in [5.74, 6) is -1.64. The Kier molecular flexibility index (Phi) is 21.1. The van der Waals surface area contributed by atoms with Crippen LogP contribution in [0.4, 0.5) is 0 Å². The van der Waals surface area contributed by atoms with Gasteiger partial charge in [0.2, 0.25) is 5.41 Å². The van der Waals surface area contributed by atoms with Gasteiger partial charge in [-0.1, -0.05) is 26.7 Å². The molecule has 0 bridgehead atoms. The number of methoxy groups -OCH3 is 1. The third-order valence-corrected chi connectivity index (χ3v) is 8.95. The molecule has 47 heavy (non-hydrogen) atoms. The number of carbonyl (C=O) groups is 4. The van der Waals surface area contributed by atoms with Gasteiger partial charge < -0.3 is 38.6 Å². The molecule has 0 rings (SSSR count). The first-order valence-electron chi connectivity index (χ1n) is 16.9. The van der Waals surface area contributed by atoms with Crippen LogP contribution >= 0.6 is 0 Å². The summed E-state index contributed by atoms with van der Waals surface area (Å²) in [5.41, 5.74) is -3.35. The van der Waals surface area contributed by atoms with Crippen molar-refractivity contribution in [2.75, 3.05) is 60.0 Å². The van der Waals surface area contributed by atoms with E-state index in [1.807, 2.05) is 34.1 Å². The van der Waals surface area contributed by atoms with Gasteiger partial charge in [0.1, 0.15) is 32.5 Å². The highest BCUT2D eigenvalue weighted by Crippen LogP contribution is 2.40. The molecule has 12 nitrogen and oxygen atoms in total. The maximum Gasteiger partial charge on any atom is 0.357 e. The minimum atomic E-state index is -1.01. The fraction of sp³-hybridized carbons (Fsp3) is 0.857. The molecule has 2 N–H and O–H groups in total. The number of hydrogen-bond donors (Lipinski definition) is 2. The van der Waals surface area contributed by atoms with Gasteiger partial charge in [-0.05, 0) is 66.7 Å². The van der Waals surface area contributed by atoms with Crippen LogP contribution in [0.15, 0.2) is 0 Å². The Balaban J connectivity index is 5.17. The maximum absolute atomic E-state index is 13.4. The van der Waals surface area contributed by atoms with Gasteiger partial charge in [0.05, 0.1) is 56.0 Å². The molecule has 0 aliphatic rings. The number of esters is 4. The summed E-state index contributed by atoms with van der Waals surface area (Å²) >= 11 is 0. The molecule has 12 heteroatoms. The van der Waals surface area contributed by atoms with E-state index in [1.165, 1.54) is 7.11 Å². The quantitative estimate of drug-likeness (QED) is 0.0539. The Hall–Kier alpha value is -2.41. The lowest BCUT2D eigenvalue weighted by Crippen LogP contribution is -2.37. The molecular weight excluding hydrogens is 612 g/mol. The van der Waals surface area contributed by atoms with Crippen LogP contribution in [-0.2, 0) is 47.6 Å². The lowest BCUT2D eigenvalue weighted by Gasteiger charge is -2.34. The minimum Gasteiger partial charge on any atom is -0.463 e. The van der Waals surface area contributed by atoms with Crippen molar-refractivity contribution in [2.24, 2.45) is 21.7 Å². The van der Waals surface area contributed by atoms with Crippen LogP contribution in [-0.4, -0.2) is 100 Å². The second-order valence-electron chi connectivity index (χ2n) is 13.6. The Morgan fingerprint density at radius 1 is 0.681 bits per heavy atom. The minimum absolute atomic E-state index is 0.0142. The van der Waals surface area contributed by atoms with Crippen molar-refractivity contribution >= 4 is 23.9 Å². The summed E-state index contributed by atoms with van der Waals surface area (Å²) in [6.45, 7) is 14.5. The van der Waals surface area contributed by atoms with Gasteiger partial charge in [-0.2, -0.15) is 0 Å². The monoisotopic (exact) mass is 675 g/mol. The summed E-state index contributed by atoms with van der Waals surface area (Å²) < 4.78 is 31.8. The fourth-order valence-corrected chi connectivity index (χ4v) is 5.00. The first-order valence-corrected chi connectivity index (χ1v) is 16.9. The maximum atomic E-state index is 13.4. The summed E-state index contributed by atoms with van der Waals surface area (Å²) in [6.07, 6.45) is 4.68. The molecule has 274 valence electrons. The molecule has 0 aliphatic carbocycles. The normalized spacial score (nSPS) is 16.1. The third-order valence-electron chi connectivity index (χ3n) is 8.95. The van der Waals surface area contributed by atoms with E-state index in [-0.39, 0.29) is 58.8 Å². The molecule has 0 radical (unpaired) electrons. The highest BCUT2D eigenvalue weighted by Gasteiger charge is 2.42. The van der Waals surface area contributed by atoms with Crippen molar-refractivity contribution in [3.05, 3.63) is 6.42 Å². The first-order chi connectivity index (χ1) is 22.0. The number of aliphatic hydroxyl groups excluding tert-OH is 2. The number of rotatable bonds is 27. The zero-order valence-electron chi connectivity index (χ0n) is 30.4. The lowest BCUT2D eigenvalue weighted by molar-refractivity contribution is -0.163. The predicted molar refractivity (Wildman–Crippen MR) is 176 cm³/mol. The fourth-order valence-electron chi connectivity index (χ4n) is 5.00. The smallest absolute Gasteiger partial charge is 0.357 e. The van der Waals surface area contributed by atoms with Gasteiger partial charge in [0.25, 0.3) is 0 Å². The van der Waals surface area contributed by atoms with Crippen molar-refractivity contribution in [2.45, 2.75) is 113 Å². The van der Waals surface area contributed by atoms with Crippen LogP contribution in [0.2, 0.25) is 0 Å². The molecule has 0 aromatic heterocycles. The number of carbonyl (C=O) groups excluding carboxylic acids is 4. The van der Waals surface area contributed by atoms with Gasteiger partial charge in [0.15, 0.2) is 0 Å². The number of hydrogen-bond acceptors (Lipinski definition) is 12. The van der Waals surface area contributed by atoms with Gasteiger partial charge in [0, 0.05) is 13.5 Å². The van der Waals surface area contributed by atoms with Gasteiger partial charge in [-0.25, -0.2) is 4.79 Å². The molecule has 4 atom stereocenters. The van der Waals surface area contributed by atoms with Crippen molar-refractivity contribution in [3.63, 3.8) is 0 Å². The summed E-state index contributed by atoms with van der Waals surface area (Å²) in [4.78, 5) is 51.4. The van der Waals surface area contributed by atoms with Crippen LogP contribution in [0.1, 0.15) is 107 Å². The molecule has 0 spiro atoms. The van der Waals surface area contributed by atoms with Gasteiger partial charge in [-0.3, -0.25) is 14.4 Å². The zero-order valence-corrected chi connectivity index (χ0v) is 30.4. The predicted octanol–water partition coefficient (Wildman–Crippen LogP) is 4.61. The molecule has 4 unspecified atom stereocenters. The van der Waals surface area contributed by atoms with E-state index in [4.69, 9.17) is 33.5 Å². The average molecular weight is 676 g/mol. The van der Waals surface area contributed by atoms with Gasteiger partial charge >= 0.3 is 23.9 Å². The molecular formula is C35H63O12+. The second kappa shape index (κ2) is 22.3. The van der Waals surface area contributed by atoms with Crippen LogP contribution in [0.5, 0.6) is 0 Å². The Morgan fingerprint density at radius 3 is 1.72 bits per heavy atom. The zero-order chi connectivity index (χ0) is 36.2. The Bertz CT molecular complexity index is 932. The van der Waals surface area contributed by atoms with E-state index < -0.39 is 45.7 Å². The van der Waals surface area contributed by atoms with Crippen molar-refractivity contribution < 1.29 is 57.8 Å². The van der Waals surface area contributed by atoms with Crippen molar-refractivity contribution in [1.82, 2.24) is 0 Å². The van der Waals surface area contributed by atoms with E-state index >= 15 is 0 Å². The van der Waals surface area contributed by atoms with E-state index in [0.29, 0.717) is 44.9 Å². The number of aliphatic hydroxyl groups is 2. The molecule has 0 saturated heterocycles. The third kappa shape index (κ3) is 16.0. The molecule has 0 aliphatic heterocycles. The lowest BCUT2D eigenvalue weighted by atomic mass is 9.72. The summed E-state index contributed by atoms with van der Waals surface area (Å²) in [5, 5.41) is 19.1. The van der Waals surface area contributed by atoms with Crippen molar-refractivity contribution in [3.8, 4) is 0 Å². The SMILES string of the molecule is C[CH+]C(C)(CC)C(=O)OCCOCCOC(=O)C(C)(C)CCCC(C)(CCC(C)(CCC)C(=O)OCCO)C(=O)OCC(O)COC. The van der Waals surface area contributed by atoms with Crippen LogP contribution in [0, 0.1) is 28.1 Å². The largest absolute Gasteiger partial charge is 0.463 e. The van der Waals surface area contributed by atoms with Crippen molar-refractivity contribution in [1.29, 1.82) is 0 Å². The number of ether oxygens (including phenoxy) is 6. The molecule has 0 aromatic rings. The summed E-state index contributed by atoms with van der Waals surface area (Å²) in [6, 6.07) is 0. The molecule has 0 fully saturated rings.